The van der Waals surface area contributed by atoms with Crippen LogP contribution in [0.1, 0.15) is 28.0 Å². The number of carbonyl (C=O) groups is 2. The molecule has 7 nitrogen and oxygen atoms in total. The van der Waals surface area contributed by atoms with Crippen molar-refractivity contribution in [3.63, 3.8) is 0 Å². The van der Waals surface area contributed by atoms with E-state index in [2.05, 4.69) is 10.3 Å². The topological polar surface area (TPSA) is 101 Å². The fourth-order valence-corrected chi connectivity index (χ4v) is 4.93. The number of aryl methyl sites for hydroxylation is 1. The second-order valence-corrected chi connectivity index (χ2v) is 10.4. The van der Waals surface area contributed by atoms with Crippen LogP contribution in [-0.2, 0) is 17.8 Å². The highest BCUT2D eigenvalue weighted by Crippen LogP contribution is 2.31. The number of hydrogen-bond donors (Lipinski definition) is 3. The van der Waals surface area contributed by atoms with Gasteiger partial charge in [-0.15, -0.1) is 0 Å². The van der Waals surface area contributed by atoms with Crippen LogP contribution in [-0.4, -0.2) is 22.0 Å². The first-order valence-corrected chi connectivity index (χ1v) is 14.3. The van der Waals surface area contributed by atoms with Gasteiger partial charge in [0.05, 0.1) is 0 Å². The van der Waals surface area contributed by atoms with Gasteiger partial charge in [0.2, 0.25) is 0 Å². The number of H-pyrrole nitrogens is 1. The van der Waals surface area contributed by atoms with Crippen molar-refractivity contribution in [3.8, 4) is 28.4 Å². The Kier molecular flexibility index (Phi) is 8.36. The summed E-state index contributed by atoms with van der Waals surface area (Å²) in [5, 5.41) is 12.9. The molecule has 0 unspecified atom stereocenters. The zero-order valence-corrected chi connectivity index (χ0v) is 23.8. The van der Waals surface area contributed by atoms with Crippen LogP contribution in [0.25, 0.3) is 22.0 Å². The molecule has 218 valence electrons. The summed E-state index contributed by atoms with van der Waals surface area (Å²) in [5.41, 5.74) is 5.81. The molecule has 1 heterocycles. The Labute approximate surface area is 254 Å². The average molecular weight is 583 g/mol. The summed E-state index contributed by atoms with van der Waals surface area (Å²) in [4.78, 5) is 27.3. The number of carbonyl (C=O) groups excluding carboxylic acids is 1. The SMILES string of the molecule is O=C(O)CCc1ccccc1Oc1cccc(-c2ccc(NC(=O)c3cc4cc(OCc5ccccc5)ccc4[nH]3)cc2)c1. The Bertz CT molecular complexity index is 1910. The molecule has 44 heavy (non-hydrogen) atoms. The van der Waals surface area contributed by atoms with Gasteiger partial charge < -0.3 is 24.9 Å². The number of anilines is 1. The maximum Gasteiger partial charge on any atom is 0.303 e. The highest BCUT2D eigenvalue weighted by Gasteiger charge is 2.12. The summed E-state index contributed by atoms with van der Waals surface area (Å²) in [5.74, 6) is 0.936. The minimum atomic E-state index is -0.846. The van der Waals surface area contributed by atoms with Gasteiger partial charge in [-0.2, -0.15) is 0 Å². The van der Waals surface area contributed by atoms with Crippen molar-refractivity contribution in [1.82, 2.24) is 4.98 Å². The van der Waals surface area contributed by atoms with Crippen LogP contribution >= 0.6 is 0 Å². The molecule has 1 amide bonds. The molecular weight excluding hydrogens is 552 g/mol. The number of hydrogen-bond acceptors (Lipinski definition) is 4. The molecule has 0 aliphatic heterocycles. The number of amides is 1. The highest BCUT2D eigenvalue weighted by atomic mass is 16.5. The number of aromatic amines is 1. The molecule has 6 rings (SSSR count). The molecule has 0 aliphatic rings. The zero-order valence-electron chi connectivity index (χ0n) is 23.8. The van der Waals surface area contributed by atoms with Crippen LogP contribution in [0, 0.1) is 0 Å². The molecule has 1 aromatic heterocycles. The molecule has 3 N–H and O–H groups in total. The largest absolute Gasteiger partial charge is 0.489 e. The summed E-state index contributed by atoms with van der Waals surface area (Å²) >= 11 is 0. The average Bonchev–Trinajstić information content (AvgIpc) is 3.48. The van der Waals surface area contributed by atoms with Crippen molar-refractivity contribution in [1.29, 1.82) is 0 Å². The van der Waals surface area contributed by atoms with E-state index in [1.54, 1.807) is 0 Å². The highest BCUT2D eigenvalue weighted by molar-refractivity contribution is 6.06. The standard InChI is InChI=1S/C37H30N2O5/c40-36(41)20-15-27-9-4-5-12-35(27)44-32-11-6-10-28(21-32)26-13-16-30(17-14-26)38-37(42)34-23-29-22-31(18-19-33(29)39-34)43-24-25-7-2-1-3-8-25/h1-14,16-19,21-23,39H,15,20,24H2,(H,38,42)(H,40,41). The first kappa shape index (κ1) is 28.3. The minimum absolute atomic E-state index is 0.0364. The van der Waals surface area contributed by atoms with Crippen LogP contribution in [0.15, 0.2) is 127 Å². The van der Waals surface area contributed by atoms with Crippen molar-refractivity contribution in [2.45, 2.75) is 19.4 Å². The second-order valence-electron chi connectivity index (χ2n) is 10.4. The first-order valence-electron chi connectivity index (χ1n) is 14.3. The van der Waals surface area contributed by atoms with Crippen LogP contribution in [0.2, 0.25) is 0 Å². The van der Waals surface area contributed by atoms with E-state index in [9.17, 15) is 9.59 Å². The maximum absolute atomic E-state index is 13.0. The number of para-hydroxylation sites is 1. The van der Waals surface area contributed by atoms with E-state index in [-0.39, 0.29) is 12.3 Å². The molecule has 0 atom stereocenters. The number of carboxylic acids is 1. The predicted octanol–water partition coefficient (Wildman–Crippen LogP) is 8.48. The third kappa shape index (κ3) is 6.97. The van der Waals surface area contributed by atoms with E-state index in [1.807, 2.05) is 127 Å². The van der Waals surface area contributed by atoms with Crippen molar-refractivity contribution < 1.29 is 24.2 Å². The van der Waals surface area contributed by atoms with Gasteiger partial charge in [-0.3, -0.25) is 9.59 Å². The van der Waals surface area contributed by atoms with Gasteiger partial charge in [0.25, 0.3) is 5.91 Å². The van der Waals surface area contributed by atoms with Crippen molar-refractivity contribution in [2.75, 3.05) is 5.32 Å². The number of rotatable bonds is 11. The molecule has 6 aromatic rings. The zero-order chi connectivity index (χ0) is 30.3. The van der Waals surface area contributed by atoms with Gasteiger partial charge in [-0.1, -0.05) is 72.8 Å². The van der Waals surface area contributed by atoms with E-state index in [0.29, 0.717) is 35.9 Å². The van der Waals surface area contributed by atoms with Gasteiger partial charge in [-0.25, -0.2) is 0 Å². The van der Waals surface area contributed by atoms with Gasteiger partial charge in [-0.05, 0) is 83.3 Å². The van der Waals surface area contributed by atoms with E-state index in [4.69, 9.17) is 14.6 Å². The number of carboxylic acid groups (broad SMARTS) is 1. The number of aliphatic carboxylic acids is 1. The van der Waals surface area contributed by atoms with Gasteiger partial charge in [0, 0.05) is 23.0 Å². The summed E-state index contributed by atoms with van der Waals surface area (Å²) in [6.45, 7) is 0.472. The molecule has 7 heteroatoms. The third-order valence-corrected chi connectivity index (χ3v) is 7.20. The quantitative estimate of drug-likeness (QED) is 0.142. The molecule has 0 fully saturated rings. The molecule has 0 saturated heterocycles. The fourth-order valence-electron chi connectivity index (χ4n) is 4.93. The van der Waals surface area contributed by atoms with E-state index in [0.717, 1.165) is 38.9 Å². The van der Waals surface area contributed by atoms with Crippen molar-refractivity contribution >= 4 is 28.5 Å². The molecule has 0 aliphatic carbocycles. The Morgan fingerprint density at radius 1 is 0.727 bits per heavy atom. The van der Waals surface area contributed by atoms with Crippen molar-refractivity contribution in [2.24, 2.45) is 0 Å². The molecule has 0 radical (unpaired) electrons. The minimum Gasteiger partial charge on any atom is -0.489 e. The van der Waals surface area contributed by atoms with Crippen LogP contribution < -0.4 is 14.8 Å². The van der Waals surface area contributed by atoms with Crippen LogP contribution in [0.4, 0.5) is 5.69 Å². The molecular formula is C37H30N2O5. The van der Waals surface area contributed by atoms with Crippen LogP contribution in [0.3, 0.4) is 0 Å². The summed E-state index contributed by atoms with van der Waals surface area (Å²) < 4.78 is 12.1. The molecule has 5 aromatic carbocycles. The van der Waals surface area contributed by atoms with E-state index < -0.39 is 5.97 Å². The molecule has 0 bridgehead atoms. The van der Waals surface area contributed by atoms with E-state index in [1.165, 1.54) is 0 Å². The molecule has 0 saturated carbocycles. The van der Waals surface area contributed by atoms with Crippen LogP contribution in [0.5, 0.6) is 17.2 Å². The fraction of sp³-hybridized carbons (Fsp3) is 0.0811. The predicted molar refractivity (Wildman–Crippen MR) is 171 cm³/mol. The van der Waals surface area contributed by atoms with E-state index >= 15 is 0 Å². The number of fused-ring (bicyclic) bond motifs is 1. The van der Waals surface area contributed by atoms with Gasteiger partial charge in [0.1, 0.15) is 29.5 Å². The van der Waals surface area contributed by atoms with Gasteiger partial charge in [0.15, 0.2) is 0 Å². The summed E-state index contributed by atoms with van der Waals surface area (Å²) in [7, 11) is 0. The normalized spacial score (nSPS) is 10.8. The lowest BCUT2D eigenvalue weighted by molar-refractivity contribution is -0.136. The lowest BCUT2D eigenvalue weighted by atomic mass is 10.0. The third-order valence-electron chi connectivity index (χ3n) is 7.20. The Morgan fingerprint density at radius 2 is 1.52 bits per heavy atom. The number of aromatic nitrogens is 1. The number of nitrogens with one attached hydrogen (secondary N) is 2. The first-order chi connectivity index (χ1) is 21.5. The lowest BCUT2D eigenvalue weighted by Crippen LogP contribution is -2.12. The second kappa shape index (κ2) is 13.0. The summed E-state index contributed by atoms with van der Waals surface area (Å²) in [6, 6.07) is 40.3. The number of ether oxygens (including phenoxy) is 2. The Morgan fingerprint density at radius 3 is 2.34 bits per heavy atom. The lowest BCUT2D eigenvalue weighted by Gasteiger charge is -2.12. The Hall–Kier alpha value is -5.82. The van der Waals surface area contributed by atoms with Gasteiger partial charge >= 0.3 is 5.97 Å². The summed E-state index contributed by atoms with van der Waals surface area (Å²) in [6.07, 6.45) is 0.426. The van der Waals surface area contributed by atoms with Crippen molar-refractivity contribution in [3.05, 3.63) is 144 Å². The molecule has 0 spiro atoms. The monoisotopic (exact) mass is 582 g/mol. The smallest absolute Gasteiger partial charge is 0.303 e. The maximum atomic E-state index is 13.0. The number of benzene rings is 5. The Balaban J connectivity index is 1.10.